The first kappa shape index (κ1) is 17.4. The Bertz CT molecular complexity index is 949. The van der Waals surface area contributed by atoms with Crippen molar-refractivity contribution in [2.75, 3.05) is 0 Å². The monoisotopic (exact) mass is 365 g/mol. The third-order valence-electron chi connectivity index (χ3n) is 5.21. The van der Waals surface area contributed by atoms with Crippen molar-refractivity contribution in [1.82, 2.24) is 24.5 Å². The van der Waals surface area contributed by atoms with Gasteiger partial charge in [0.2, 0.25) is 5.91 Å². The highest BCUT2D eigenvalue weighted by atomic mass is 16.1. The van der Waals surface area contributed by atoms with Crippen LogP contribution >= 0.6 is 0 Å². The standard InChI is InChI=1S/C19H23N7O/c1-25-16(10-11-22-25)26-19(14-6-8-15(20)9-7-14)23-18(24-26)13-4-2-12(3-5-13)17(21)27/h2-5,10-11,14-15H,6-9,20H2,1H3,(H2,21,27). The Morgan fingerprint density at radius 3 is 2.41 bits per heavy atom. The van der Waals surface area contributed by atoms with Crippen molar-refractivity contribution in [2.24, 2.45) is 18.5 Å². The second-order valence-electron chi connectivity index (χ2n) is 7.07. The molecule has 2 heterocycles. The summed E-state index contributed by atoms with van der Waals surface area (Å²) in [5.41, 5.74) is 12.7. The Morgan fingerprint density at radius 2 is 1.81 bits per heavy atom. The van der Waals surface area contributed by atoms with Gasteiger partial charge in [-0.3, -0.25) is 9.48 Å². The molecular formula is C19H23N7O. The van der Waals surface area contributed by atoms with Crippen molar-refractivity contribution in [3.05, 3.63) is 47.9 Å². The number of rotatable bonds is 4. The molecule has 8 nitrogen and oxygen atoms in total. The number of nitrogens with two attached hydrogens (primary N) is 2. The number of primary amides is 1. The molecule has 1 aromatic carbocycles. The maximum atomic E-state index is 11.3. The summed E-state index contributed by atoms with van der Waals surface area (Å²) >= 11 is 0. The number of nitrogens with zero attached hydrogens (tertiary/aromatic N) is 5. The fourth-order valence-corrected chi connectivity index (χ4v) is 3.61. The smallest absolute Gasteiger partial charge is 0.248 e. The second kappa shape index (κ2) is 6.96. The van der Waals surface area contributed by atoms with Gasteiger partial charge in [-0.15, -0.1) is 5.10 Å². The lowest BCUT2D eigenvalue weighted by Crippen LogP contribution is -2.27. The third kappa shape index (κ3) is 3.35. The Hall–Kier alpha value is -3.00. The van der Waals surface area contributed by atoms with Gasteiger partial charge in [-0.1, -0.05) is 12.1 Å². The van der Waals surface area contributed by atoms with Gasteiger partial charge < -0.3 is 11.5 Å². The largest absolute Gasteiger partial charge is 0.366 e. The summed E-state index contributed by atoms with van der Waals surface area (Å²) in [4.78, 5) is 16.2. The van der Waals surface area contributed by atoms with Gasteiger partial charge in [0.1, 0.15) is 5.82 Å². The van der Waals surface area contributed by atoms with E-state index in [9.17, 15) is 4.79 Å². The van der Waals surface area contributed by atoms with Gasteiger partial charge in [-0.05, 0) is 37.8 Å². The summed E-state index contributed by atoms with van der Waals surface area (Å²) in [5.74, 6) is 2.28. The summed E-state index contributed by atoms with van der Waals surface area (Å²) in [5, 5.41) is 9.01. The van der Waals surface area contributed by atoms with Crippen LogP contribution in [0.4, 0.5) is 0 Å². The van der Waals surface area contributed by atoms with Crippen LogP contribution in [0, 0.1) is 0 Å². The predicted octanol–water partition coefficient (Wildman–Crippen LogP) is 1.75. The summed E-state index contributed by atoms with van der Waals surface area (Å²) in [6.07, 6.45) is 5.73. The lowest BCUT2D eigenvalue weighted by Gasteiger charge is -2.25. The zero-order chi connectivity index (χ0) is 19.0. The van der Waals surface area contributed by atoms with Crippen molar-refractivity contribution < 1.29 is 4.79 Å². The maximum absolute atomic E-state index is 11.3. The summed E-state index contributed by atoms with van der Waals surface area (Å²) < 4.78 is 3.67. The molecule has 1 amide bonds. The van der Waals surface area contributed by atoms with Gasteiger partial charge in [-0.2, -0.15) is 9.78 Å². The Balaban J connectivity index is 1.75. The molecule has 2 aromatic heterocycles. The molecule has 0 bridgehead atoms. The van der Waals surface area contributed by atoms with Crippen molar-refractivity contribution in [2.45, 2.75) is 37.6 Å². The SMILES string of the molecule is Cn1nccc1-n1nc(-c2ccc(C(N)=O)cc2)nc1C1CCC(N)CC1. The highest BCUT2D eigenvalue weighted by molar-refractivity contribution is 5.93. The topological polar surface area (TPSA) is 118 Å². The lowest BCUT2D eigenvalue weighted by molar-refractivity contribution is 0.100. The number of carbonyl (C=O) groups excluding carboxylic acids is 1. The van der Waals surface area contributed by atoms with Crippen molar-refractivity contribution >= 4 is 5.91 Å². The van der Waals surface area contributed by atoms with Crippen LogP contribution in [-0.4, -0.2) is 36.5 Å². The molecule has 0 spiro atoms. The second-order valence-corrected chi connectivity index (χ2v) is 7.07. The fourth-order valence-electron chi connectivity index (χ4n) is 3.61. The van der Waals surface area contributed by atoms with Gasteiger partial charge in [0.25, 0.3) is 0 Å². The molecule has 8 heteroatoms. The van der Waals surface area contributed by atoms with E-state index in [4.69, 9.17) is 21.5 Å². The number of aromatic nitrogens is 5. The first-order valence-corrected chi connectivity index (χ1v) is 9.14. The number of benzene rings is 1. The Labute approximate surface area is 157 Å². The number of hydrogen-bond donors (Lipinski definition) is 2. The molecule has 1 aliphatic carbocycles. The number of hydrogen-bond acceptors (Lipinski definition) is 5. The molecule has 1 saturated carbocycles. The van der Waals surface area contributed by atoms with Crippen LogP contribution in [0.1, 0.15) is 47.8 Å². The number of amides is 1. The van der Waals surface area contributed by atoms with Crippen LogP contribution in [0.5, 0.6) is 0 Å². The minimum absolute atomic E-state index is 0.273. The van der Waals surface area contributed by atoms with Gasteiger partial charge in [-0.25, -0.2) is 4.98 Å². The molecule has 4 rings (SSSR count). The molecule has 1 aliphatic rings. The first-order chi connectivity index (χ1) is 13.0. The molecule has 27 heavy (non-hydrogen) atoms. The Morgan fingerprint density at radius 1 is 1.11 bits per heavy atom. The molecule has 0 atom stereocenters. The van der Waals surface area contributed by atoms with Crippen LogP contribution < -0.4 is 11.5 Å². The highest BCUT2D eigenvalue weighted by Crippen LogP contribution is 2.33. The minimum Gasteiger partial charge on any atom is -0.366 e. The molecule has 0 unspecified atom stereocenters. The predicted molar refractivity (Wildman–Crippen MR) is 101 cm³/mol. The van der Waals surface area contributed by atoms with E-state index >= 15 is 0 Å². The summed E-state index contributed by atoms with van der Waals surface area (Å²) in [6, 6.07) is 9.23. The quantitative estimate of drug-likeness (QED) is 0.730. The van der Waals surface area contributed by atoms with Crippen molar-refractivity contribution in [3.63, 3.8) is 0 Å². The molecule has 0 saturated heterocycles. The first-order valence-electron chi connectivity index (χ1n) is 9.14. The van der Waals surface area contributed by atoms with Crippen LogP contribution in [0.25, 0.3) is 17.2 Å². The van der Waals surface area contributed by atoms with E-state index in [-0.39, 0.29) is 6.04 Å². The molecule has 3 aromatic rings. The van der Waals surface area contributed by atoms with Crippen LogP contribution in [-0.2, 0) is 7.05 Å². The normalized spacial score (nSPS) is 19.9. The minimum atomic E-state index is -0.450. The average molecular weight is 365 g/mol. The van der Waals surface area contributed by atoms with E-state index in [2.05, 4.69) is 5.10 Å². The average Bonchev–Trinajstić information content (AvgIpc) is 3.28. The highest BCUT2D eigenvalue weighted by Gasteiger charge is 2.27. The van der Waals surface area contributed by atoms with E-state index in [0.717, 1.165) is 42.9 Å². The molecule has 0 aliphatic heterocycles. The summed E-state index contributed by atoms with van der Waals surface area (Å²) in [7, 11) is 1.89. The Kier molecular flexibility index (Phi) is 4.49. The number of aryl methyl sites for hydroxylation is 1. The van der Waals surface area contributed by atoms with Crippen LogP contribution in [0.3, 0.4) is 0 Å². The van der Waals surface area contributed by atoms with E-state index in [1.54, 1.807) is 23.0 Å². The van der Waals surface area contributed by atoms with Crippen molar-refractivity contribution in [1.29, 1.82) is 0 Å². The van der Waals surface area contributed by atoms with Gasteiger partial charge in [0.05, 0.1) is 6.20 Å². The van der Waals surface area contributed by atoms with Crippen LogP contribution in [0.15, 0.2) is 36.5 Å². The van der Waals surface area contributed by atoms with Gasteiger partial charge >= 0.3 is 0 Å². The molecule has 0 radical (unpaired) electrons. The number of carbonyl (C=O) groups is 1. The van der Waals surface area contributed by atoms with Gasteiger partial charge in [0, 0.05) is 36.2 Å². The van der Waals surface area contributed by atoms with E-state index in [0.29, 0.717) is 17.3 Å². The van der Waals surface area contributed by atoms with Gasteiger partial charge in [0.15, 0.2) is 11.6 Å². The van der Waals surface area contributed by atoms with Crippen LogP contribution in [0.2, 0.25) is 0 Å². The third-order valence-corrected chi connectivity index (χ3v) is 5.21. The fraction of sp³-hybridized carbons (Fsp3) is 0.368. The molecule has 4 N–H and O–H groups in total. The maximum Gasteiger partial charge on any atom is 0.248 e. The molecule has 1 fully saturated rings. The van der Waals surface area contributed by atoms with E-state index in [1.807, 2.05) is 29.9 Å². The summed E-state index contributed by atoms with van der Waals surface area (Å²) in [6.45, 7) is 0. The lowest BCUT2D eigenvalue weighted by atomic mass is 9.86. The molecule has 140 valence electrons. The van der Waals surface area contributed by atoms with Crippen molar-refractivity contribution in [3.8, 4) is 17.2 Å². The van der Waals surface area contributed by atoms with E-state index < -0.39 is 5.91 Å². The molecular weight excluding hydrogens is 342 g/mol. The zero-order valence-electron chi connectivity index (χ0n) is 15.2. The zero-order valence-corrected chi connectivity index (χ0v) is 15.2. The van der Waals surface area contributed by atoms with E-state index in [1.165, 1.54) is 0 Å².